The van der Waals surface area contributed by atoms with E-state index in [4.69, 9.17) is 37.1 Å². The minimum Gasteiger partial charge on any atom is -0.486 e. The molecule has 5 aromatic rings. The van der Waals surface area contributed by atoms with E-state index in [1.165, 1.54) is 24.4 Å². The van der Waals surface area contributed by atoms with Crippen molar-refractivity contribution in [1.29, 1.82) is 0 Å². The Morgan fingerprint density at radius 2 is 1.70 bits per heavy atom. The fourth-order valence-corrected chi connectivity index (χ4v) is 4.88. The third kappa shape index (κ3) is 7.11. The fourth-order valence-electron chi connectivity index (χ4n) is 4.47. The molecular weight excluding hydrogens is 607 g/mol. The maximum atomic E-state index is 12.7. The molecule has 0 spiro atoms. The zero-order valence-corrected chi connectivity index (χ0v) is 25.1. The van der Waals surface area contributed by atoms with Crippen LogP contribution in [0.15, 0.2) is 94.4 Å². The zero-order chi connectivity index (χ0) is 31.2. The van der Waals surface area contributed by atoms with E-state index in [0.29, 0.717) is 22.1 Å². The van der Waals surface area contributed by atoms with Crippen LogP contribution in [0.1, 0.15) is 38.8 Å². The van der Waals surface area contributed by atoms with Crippen LogP contribution in [0, 0.1) is 24.0 Å². The third-order valence-electron chi connectivity index (χ3n) is 6.59. The lowest BCUT2D eigenvalue weighted by Crippen LogP contribution is -2.17. The van der Waals surface area contributed by atoms with Gasteiger partial charge in [-0.25, -0.2) is 5.43 Å². The Balaban J connectivity index is 1.22. The number of nitro groups is 1. The summed E-state index contributed by atoms with van der Waals surface area (Å²) < 4.78 is 19.4. The molecule has 1 N–H and O–H groups in total. The number of halogens is 2. The number of nitro benzene ring substituents is 1. The molecule has 0 saturated carbocycles. The normalized spacial score (nSPS) is 11.1. The highest BCUT2D eigenvalue weighted by Crippen LogP contribution is 2.35. The molecule has 44 heavy (non-hydrogen) atoms. The SMILES string of the molecule is Cc1ccc(C)n1-c1ccc(OCc2ccc(C(=O)N/N=C/c3cc(Cl)cc([N+](=O)[O-])c3OCc3ccccc3Cl)o2)cc1. The van der Waals surface area contributed by atoms with E-state index in [-0.39, 0.29) is 41.0 Å². The molecule has 0 aliphatic heterocycles. The summed E-state index contributed by atoms with van der Waals surface area (Å²) >= 11 is 12.3. The summed E-state index contributed by atoms with van der Waals surface area (Å²) in [6.07, 6.45) is 1.20. The Bertz CT molecular complexity index is 1830. The number of aromatic nitrogens is 1. The van der Waals surface area contributed by atoms with Gasteiger partial charge in [-0.3, -0.25) is 14.9 Å². The summed E-state index contributed by atoms with van der Waals surface area (Å²) in [6.45, 7) is 4.16. The number of hydrogen-bond donors (Lipinski definition) is 1. The molecule has 0 aliphatic rings. The predicted octanol–water partition coefficient (Wildman–Crippen LogP) is 7.82. The van der Waals surface area contributed by atoms with Crippen LogP contribution in [0.3, 0.4) is 0 Å². The number of carbonyl (C=O) groups excluding carboxylic acids is 1. The number of hydrazone groups is 1. The van der Waals surface area contributed by atoms with Crippen molar-refractivity contribution in [2.24, 2.45) is 5.10 Å². The number of nitrogens with one attached hydrogen (secondary N) is 1. The minimum absolute atomic E-state index is 0.00178. The van der Waals surface area contributed by atoms with Crippen molar-refractivity contribution >= 4 is 41.0 Å². The zero-order valence-electron chi connectivity index (χ0n) is 23.6. The number of aryl methyl sites for hydroxylation is 2. The first-order valence-corrected chi connectivity index (χ1v) is 14.1. The standard InChI is InChI=1S/C32H26Cl2N4O6/c1-20-7-8-21(2)37(20)25-9-11-26(12-10-25)42-19-27-13-14-30(44-27)32(39)36-35-17-23-15-24(33)16-29(38(40)41)31(23)43-18-22-5-3-4-6-28(22)34/h3-17H,18-19H2,1-2H3,(H,36,39)/b35-17+. The second kappa shape index (κ2) is 13.5. The molecule has 3 aromatic carbocycles. The second-order valence-corrected chi connectivity index (χ2v) is 10.5. The van der Waals surface area contributed by atoms with Gasteiger partial charge in [-0.1, -0.05) is 41.4 Å². The molecule has 0 radical (unpaired) electrons. The average Bonchev–Trinajstić information content (AvgIpc) is 3.62. The molecule has 0 atom stereocenters. The quantitative estimate of drug-likeness (QED) is 0.0899. The molecule has 12 heteroatoms. The number of furan rings is 1. The topological polar surface area (TPSA) is 121 Å². The van der Waals surface area contributed by atoms with Gasteiger partial charge in [0.05, 0.1) is 11.1 Å². The Kier molecular flexibility index (Phi) is 9.32. The van der Waals surface area contributed by atoms with Crippen molar-refractivity contribution in [3.63, 3.8) is 0 Å². The van der Waals surface area contributed by atoms with Crippen LogP contribution in [-0.2, 0) is 13.2 Å². The summed E-state index contributed by atoms with van der Waals surface area (Å²) in [6, 6.07) is 24.5. The predicted molar refractivity (Wildman–Crippen MR) is 167 cm³/mol. The lowest BCUT2D eigenvalue weighted by molar-refractivity contribution is -0.385. The number of amides is 1. The van der Waals surface area contributed by atoms with Crippen molar-refractivity contribution in [2.45, 2.75) is 27.1 Å². The van der Waals surface area contributed by atoms with Crippen LogP contribution < -0.4 is 14.9 Å². The second-order valence-electron chi connectivity index (χ2n) is 9.68. The number of benzene rings is 3. The lowest BCUT2D eigenvalue weighted by Gasteiger charge is -2.11. The van der Waals surface area contributed by atoms with Gasteiger partial charge in [0.15, 0.2) is 5.76 Å². The summed E-state index contributed by atoms with van der Waals surface area (Å²) in [5.74, 6) is 0.361. The summed E-state index contributed by atoms with van der Waals surface area (Å²) in [7, 11) is 0. The lowest BCUT2D eigenvalue weighted by atomic mass is 10.2. The molecule has 0 fully saturated rings. The van der Waals surface area contributed by atoms with Crippen LogP contribution in [0.5, 0.6) is 11.5 Å². The Morgan fingerprint density at radius 1 is 0.977 bits per heavy atom. The first-order chi connectivity index (χ1) is 21.2. The molecule has 0 saturated heterocycles. The van der Waals surface area contributed by atoms with Gasteiger partial charge >= 0.3 is 11.6 Å². The van der Waals surface area contributed by atoms with Gasteiger partial charge in [-0.2, -0.15) is 5.10 Å². The summed E-state index contributed by atoms with van der Waals surface area (Å²) in [5, 5.41) is 16.2. The van der Waals surface area contributed by atoms with Gasteiger partial charge in [0.1, 0.15) is 24.7 Å². The molecule has 1 amide bonds. The van der Waals surface area contributed by atoms with E-state index in [1.807, 2.05) is 38.1 Å². The van der Waals surface area contributed by atoms with E-state index in [0.717, 1.165) is 17.1 Å². The van der Waals surface area contributed by atoms with Gasteiger partial charge in [0.25, 0.3) is 0 Å². The van der Waals surface area contributed by atoms with E-state index in [1.54, 1.807) is 30.3 Å². The van der Waals surface area contributed by atoms with Crippen molar-refractivity contribution in [3.8, 4) is 17.2 Å². The van der Waals surface area contributed by atoms with Crippen LogP contribution in [0.2, 0.25) is 10.0 Å². The molecule has 0 unspecified atom stereocenters. The van der Waals surface area contributed by atoms with Gasteiger partial charge in [0, 0.05) is 44.3 Å². The maximum Gasteiger partial charge on any atom is 0.313 e. The molecule has 10 nitrogen and oxygen atoms in total. The van der Waals surface area contributed by atoms with Gasteiger partial charge < -0.3 is 18.5 Å². The maximum absolute atomic E-state index is 12.7. The van der Waals surface area contributed by atoms with Crippen molar-refractivity contribution in [1.82, 2.24) is 9.99 Å². The minimum atomic E-state index is -0.635. The highest BCUT2D eigenvalue weighted by atomic mass is 35.5. The number of rotatable bonds is 11. The summed E-state index contributed by atoms with van der Waals surface area (Å²) in [4.78, 5) is 23.8. The number of hydrogen-bond acceptors (Lipinski definition) is 7. The molecular formula is C32H26Cl2N4O6. The smallest absolute Gasteiger partial charge is 0.313 e. The van der Waals surface area contributed by atoms with E-state index < -0.39 is 10.8 Å². The van der Waals surface area contributed by atoms with Crippen LogP contribution >= 0.6 is 23.2 Å². The largest absolute Gasteiger partial charge is 0.486 e. The highest BCUT2D eigenvalue weighted by molar-refractivity contribution is 6.31. The van der Waals surface area contributed by atoms with E-state index >= 15 is 0 Å². The van der Waals surface area contributed by atoms with Crippen LogP contribution in [0.4, 0.5) is 5.69 Å². The molecule has 2 heterocycles. The third-order valence-corrected chi connectivity index (χ3v) is 7.18. The Morgan fingerprint density at radius 3 is 2.41 bits per heavy atom. The van der Waals surface area contributed by atoms with E-state index in [9.17, 15) is 14.9 Å². The molecule has 0 bridgehead atoms. The first-order valence-electron chi connectivity index (χ1n) is 13.3. The van der Waals surface area contributed by atoms with Gasteiger partial charge in [-0.05, 0) is 74.5 Å². The van der Waals surface area contributed by atoms with E-state index in [2.05, 4.69) is 27.2 Å². The van der Waals surface area contributed by atoms with Crippen molar-refractivity contribution in [3.05, 3.63) is 139 Å². The van der Waals surface area contributed by atoms with Crippen LogP contribution in [0.25, 0.3) is 5.69 Å². The number of carbonyl (C=O) groups is 1. The Hall–Kier alpha value is -5.06. The summed E-state index contributed by atoms with van der Waals surface area (Å²) in [5.41, 5.74) is 6.10. The first kappa shape index (κ1) is 30.4. The monoisotopic (exact) mass is 632 g/mol. The number of ether oxygens (including phenoxy) is 2. The van der Waals surface area contributed by atoms with Crippen molar-refractivity contribution in [2.75, 3.05) is 0 Å². The van der Waals surface area contributed by atoms with Gasteiger partial charge in [-0.15, -0.1) is 0 Å². The van der Waals surface area contributed by atoms with Crippen molar-refractivity contribution < 1.29 is 23.6 Å². The fraction of sp³-hybridized carbons (Fsp3) is 0.125. The molecule has 5 rings (SSSR count). The Labute approximate surface area is 262 Å². The average molecular weight is 633 g/mol. The molecule has 2 aromatic heterocycles. The molecule has 0 aliphatic carbocycles. The number of nitrogens with zero attached hydrogens (tertiary/aromatic N) is 3. The molecule has 224 valence electrons. The van der Waals surface area contributed by atoms with Gasteiger partial charge in [0.2, 0.25) is 5.75 Å². The highest BCUT2D eigenvalue weighted by Gasteiger charge is 2.21. The van der Waals surface area contributed by atoms with Crippen LogP contribution in [-0.4, -0.2) is 21.6 Å².